The Labute approximate surface area is 86.0 Å². The van der Waals surface area contributed by atoms with Gasteiger partial charge in [0.05, 0.1) is 5.92 Å². The summed E-state index contributed by atoms with van der Waals surface area (Å²) in [4.78, 5) is 9.70. The van der Waals surface area contributed by atoms with Crippen LogP contribution < -0.4 is 0 Å². The molecule has 3 atom stereocenters. The minimum absolute atomic E-state index is 0.231. The molecule has 0 saturated heterocycles. The van der Waals surface area contributed by atoms with Gasteiger partial charge in [-0.2, -0.15) is 0 Å². The molecular weight excluding hydrogens is 176 g/mol. The summed E-state index contributed by atoms with van der Waals surface area (Å²) < 4.78 is 0. The Morgan fingerprint density at radius 3 is 2.07 bits per heavy atom. The normalized spacial score (nSPS) is 33.0. The van der Waals surface area contributed by atoms with Crippen molar-refractivity contribution in [1.29, 1.82) is 0 Å². The first-order chi connectivity index (χ1) is 6.50. The number of hydrogen-bond acceptors (Lipinski definition) is 1. The lowest BCUT2D eigenvalue weighted by Gasteiger charge is -2.09. The van der Waals surface area contributed by atoms with Crippen LogP contribution in [0.3, 0.4) is 0 Å². The molecule has 0 aliphatic heterocycles. The Kier molecular flexibility index (Phi) is 3.73. The molecule has 3 unspecified atom stereocenters. The highest BCUT2D eigenvalue weighted by molar-refractivity contribution is 5.68. The van der Waals surface area contributed by atoms with E-state index in [1.165, 1.54) is 12.8 Å². The molecule has 2 heteroatoms. The molecule has 1 N–H and O–H groups in total. The fourth-order valence-corrected chi connectivity index (χ4v) is 2.06. The van der Waals surface area contributed by atoms with Crippen molar-refractivity contribution < 1.29 is 9.90 Å². The lowest BCUT2D eigenvalue weighted by Crippen LogP contribution is -2.03. The standard InChI is InChI=1S/C8H12.C4H8O2/c1-6-4-7-2-3-8(6)5-7;1-3(2)4(5)6/h2-3,6-8H,4-5H2,1H3;3H,1-2H3,(H,5,6). The molecular formula is C12H20O2. The van der Waals surface area contributed by atoms with Gasteiger partial charge in [-0.1, -0.05) is 32.9 Å². The fraction of sp³-hybridized carbons (Fsp3) is 0.750. The maximum atomic E-state index is 9.70. The summed E-state index contributed by atoms with van der Waals surface area (Å²) in [6.07, 6.45) is 7.71. The number of allylic oxidation sites excluding steroid dienone is 2. The predicted molar refractivity (Wildman–Crippen MR) is 57.0 cm³/mol. The van der Waals surface area contributed by atoms with Gasteiger partial charge in [0, 0.05) is 0 Å². The van der Waals surface area contributed by atoms with Gasteiger partial charge in [-0.25, -0.2) is 0 Å². The Morgan fingerprint density at radius 1 is 1.36 bits per heavy atom. The Hall–Kier alpha value is -0.790. The molecule has 0 aromatic rings. The maximum Gasteiger partial charge on any atom is 0.305 e. The molecule has 0 spiro atoms. The minimum Gasteiger partial charge on any atom is -0.481 e. The van der Waals surface area contributed by atoms with Crippen molar-refractivity contribution in [2.75, 3.05) is 0 Å². The van der Waals surface area contributed by atoms with E-state index in [4.69, 9.17) is 5.11 Å². The van der Waals surface area contributed by atoms with E-state index in [0.29, 0.717) is 0 Å². The molecule has 80 valence electrons. The molecule has 2 rings (SSSR count). The number of hydrogen-bond donors (Lipinski definition) is 1. The molecule has 0 aromatic heterocycles. The van der Waals surface area contributed by atoms with Crippen LogP contribution in [0.4, 0.5) is 0 Å². The van der Waals surface area contributed by atoms with Crippen LogP contribution in [0.2, 0.25) is 0 Å². The summed E-state index contributed by atoms with van der Waals surface area (Å²) in [6.45, 7) is 5.65. The van der Waals surface area contributed by atoms with Gasteiger partial charge in [-0.05, 0) is 30.6 Å². The van der Waals surface area contributed by atoms with Gasteiger partial charge in [0.15, 0.2) is 0 Å². The molecule has 2 bridgehead atoms. The van der Waals surface area contributed by atoms with Crippen molar-refractivity contribution in [1.82, 2.24) is 0 Å². The first kappa shape index (κ1) is 11.3. The molecule has 1 saturated carbocycles. The van der Waals surface area contributed by atoms with Crippen LogP contribution in [0.25, 0.3) is 0 Å². The average molecular weight is 196 g/mol. The highest BCUT2D eigenvalue weighted by atomic mass is 16.4. The van der Waals surface area contributed by atoms with Crippen LogP contribution in [-0.2, 0) is 4.79 Å². The molecule has 2 aliphatic rings. The van der Waals surface area contributed by atoms with E-state index < -0.39 is 5.97 Å². The molecule has 0 aromatic carbocycles. The van der Waals surface area contributed by atoms with Crippen molar-refractivity contribution >= 4 is 5.97 Å². The second-order valence-corrected chi connectivity index (χ2v) is 4.75. The zero-order valence-electron chi connectivity index (χ0n) is 9.23. The zero-order chi connectivity index (χ0) is 10.7. The van der Waals surface area contributed by atoms with Gasteiger partial charge in [-0.3, -0.25) is 4.79 Å². The van der Waals surface area contributed by atoms with E-state index in [2.05, 4.69) is 19.1 Å². The fourth-order valence-electron chi connectivity index (χ4n) is 2.06. The highest BCUT2D eigenvalue weighted by Gasteiger charge is 2.32. The van der Waals surface area contributed by atoms with Crippen molar-refractivity contribution in [3.05, 3.63) is 12.2 Å². The van der Waals surface area contributed by atoms with Crippen LogP contribution in [-0.4, -0.2) is 11.1 Å². The third kappa shape index (κ3) is 2.86. The maximum absolute atomic E-state index is 9.70. The molecule has 1 fully saturated rings. The topological polar surface area (TPSA) is 37.3 Å². The minimum atomic E-state index is -0.741. The average Bonchev–Trinajstić information content (AvgIpc) is 2.65. The Morgan fingerprint density at radius 2 is 1.93 bits per heavy atom. The van der Waals surface area contributed by atoms with Crippen molar-refractivity contribution in [2.24, 2.45) is 23.7 Å². The number of carboxylic acids is 1. The highest BCUT2D eigenvalue weighted by Crippen LogP contribution is 2.42. The van der Waals surface area contributed by atoms with E-state index >= 15 is 0 Å². The number of carboxylic acid groups (broad SMARTS) is 1. The zero-order valence-corrected chi connectivity index (χ0v) is 9.23. The smallest absolute Gasteiger partial charge is 0.305 e. The van der Waals surface area contributed by atoms with E-state index in [9.17, 15) is 4.79 Å². The third-order valence-corrected chi connectivity index (χ3v) is 3.10. The molecule has 14 heavy (non-hydrogen) atoms. The van der Waals surface area contributed by atoms with Gasteiger partial charge in [0.2, 0.25) is 0 Å². The quantitative estimate of drug-likeness (QED) is 0.655. The van der Waals surface area contributed by atoms with E-state index in [0.717, 1.165) is 17.8 Å². The van der Waals surface area contributed by atoms with Crippen LogP contribution >= 0.6 is 0 Å². The number of fused-ring (bicyclic) bond motifs is 2. The molecule has 0 radical (unpaired) electrons. The van der Waals surface area contributed by atoms with Crippen molar-refractivity contribution in [2.45, 2.75) is 33.6 Å². The largest absolute Gasteiger partial charge is 0.481 e. The molecule has 0 heterocycles. The SMILES string of the molecule is CC(C)C(=O)O.CC1CC2C=CC1C2. The Balaban J connectivity index is 0.000000149. The van der Waals surface area contributed by atoms with Gasteiger partial charge < -0.3 is 5.11 Å². The van der Waals surface area contributed by atoms with Gasteiger partial charge in [0.1, 0.15) is 0 Å². The lowest BCUT2D eigenvalue weighted by molar-refractivity contribution is -0.140. The summed E-state index contributed by atoms with van der Waals surface area (Å²) in [7, 11) is 0. The number of carbonyl (C=O) groups is 1. The second kappa shape index (κ2) is 4.63. The second-order valence-electron chi connectivity index (χ2n) is 4.75. The summed E-state index contributed by atoms with van der Waals surface area (Å²) >= 11 is 0. The summed E-state index contributed by atoms with van der Waals surface area (Å²) in [6, 6.07) is 0. The Bertz CT molecular complexity index is 230. The summed E-state index contributed by atoms with van der Waals surface area (Å²) in [5.74, 6) is 1.94. The predicted octanol–water partition coefficient (Wildman–Crippen LogP) is 2.95. The van der Waals surface area contributed by atoms with E-state index in [-0.39, 0.29) is 5.92 Å². The molecule has 2 aliphatic carbocycles. The van der Waals surface area contributed by atoms with Crippen LogP contribution in [0.5, 0.6) is 0 Å². The van der Waals surface area contributed by atoms with Crippen molar-refractivity contribution in [3.8, 4) is 0 Å². The van der Waals surface area contributed by atoms with Crippen LogP contribution in [0.15, 0.2) is 12.2 Å². The first-order valence-electron chi connectivity index (χ1n) is 5.41. The van der Waals surface area contributed by atoms with E-state index in [1.54, 1.807) is 13.8 Å². The first-order valence-corrected chi connectivity index (χ1v) is 5.41. The number of aliphatic carboxylic acids is 1. The van der Waals surface area contributed by atoms with Gasteiger partial charge >= 0.3 is 5.97 Å². The summed E-state index contributed by atoms with van der Waals surface area (Å²) in [5, 5.41) is 7.99. The van der Waals surface area contributed by atoms with E-state index in [1.807, 2.05) is 0 Å². The van der Waals surface area contributed by atoms with Crippen LogP contribution in [0.1, 0.15) is 33.6 Å². The van der Waals surface area contributed by atoms with Gasteiger partial charge in [-0.15, -0.1) is 0 Å². The summed E-state index contributed by atoms with van der Waals surface area (Å²) in [5.41, 5.74) is 0. The number of rotatable bonds is 1. The van der Waals surface area contributed by atoms with Crippen molar-refractivity contribution in [3.63, 3.8) is 0 Å². The van der Waals surface area contributed by atoms with Gasteiger partial charge in [0.25, 0.3) is 0 Å². The lowest BCUT2D eigenvalue weighted by atomic mass is 9.96. The molecule has 0 amide bonds. The third-order valence-electron chi connectivity index (χ3n) is 3.10. The molecule has 2 nitrogen and oxygen atoms in total. The van der Waals surface area contributed by atoms with Crippen LogP contribution in [0, 0.1) is 23.7 Å². The monoisotopic (exact) mass is 196 g/mol.